The van der Waals surface area contributed by atoms with Crippen molar-refractivity contribution in [1.29, 1.82) is 0 Å². The lowest BCUT2D eigenvalue weighted by molar-refractivity contribution is -0.137. The number of alkyl halides is 3. The molecule has 0 aliphatic rings. The van der Waals surface area contributed by atoms with Crippen LogP contribution in [0, 0.1) is 0 Å². The molecular weight excluding hydrogens is 419 g/mol. The minimum absolute atomic E-state index is 0.121. The predicted molar refractivity (Wildman–Crippen MR) is 114 cm³/mol. The summed E-state index contributed by atoms with van der Waals surface area (Å²) in [6.07, 6.45) is 0.611. The van der Waals surface area contributed by atoms with Gasteiger partial charge in [0.2, 0.25) is 0 Å². The quantitative estimate of drug-likeness (QED) is 0.463. The van der Waals surface area contributed by atoms with Crippen molar-refractivity contribution in [2.75, 3.05) is 7.11 Å². The third-order valence-electron chi connectivity index (χ3n) is 5.06. The van der Waals surface area contributed by atoms with Crippen LogP contribution in [0.4, 0.5) is 13.2 Å². The van der Waals surface area contributed by atoms with Gasteiger partial charge in [-0.3, -0.25) is 14.8 Å². The highest BCUT2D eigenvalue weighted by Gasteiger charge is 2.31. The number of fused-ring (bicyclic) bond motifs is 1. The lowest BCUT2D eigenvalue weighted by Crippen LogP contribution is -2.23. The second-order valence-corrected chi connectivity index (χ2v) is 7.07. The number of ether oxygens (including phenoxy) is 1. The first-order chi connectivity index (χ1) is 15.4. The molecule has 2 aromatic carbocycles. The molecule has 0 bridgehead atoms. The zero-order chi connectivity index (χ0) is 22.7. The van der Waals surface area contributed by atoms with Crippen LogP contribution >= 0.6 is 0 Å². The van der Waals surface area contributed by atoms with Crippen molar-refractivity contribution in [3.05, 3.63) is 90.0 Å². The number of carbonyl (C=O) groups is 1. The molecule has 0 aliphatic carbocycles. The molecule has 0 radical (unpaired) electrons. The highest BCUT2D eigenvalue weighted by Crippen LogP contribution is 2.32. The fourth-order valence-corrected chi connectivity index (χ4v) is 3.44. The van der Waals surface area contributed by atoms with E-state index in [2.05, 4.69) is 15.3 Å². The Morgan fingerprint density at radius 2 is 1.84 bits per heavy atom. The molecule has 1 amide bonds. The molecule has 4 rings (SSSR count). The summed E-state index contributed by atoms with van der Waals surface area (Å²) in [5.74, 6) is 0.0910. The maximum atomic E-state index is 12.9. The zero-order valence-corrected chi connectivity index (χ0v) is 17.0. The SMILES string of the molecule is COc1cccc(-c2ccc(CNC(=O)c3cncc(C(F)(F)F)c3)c3cnccc23)c1. The predicted octanol–water partition coefficient (Wildman–Crippen LogP) is 5.25. The Hall–Kier alpha value is -3.94. The van der Waals surface area contributed by atoms with E-state index in [1.165, 1.54) is 0 Å². The monoisotopic (exact) mass is 437 g/mol. The van der Waals surface area contributed by atoms with Gasteiger partial charge in [-0.05, 0) is 46.3 Å². The van der Waals surface area contributed by atoms with E-state index in [1.807, 2.05) is 42.5 Å². The van der Waals surface area contributed by atoms with Crippen molar-refractivity contribution < 1.29 is 22.7 Å². The fourth-order valence-electron chi connectivity index (χ4n) is 3.44. The molecule has 0 fully saturated rings. The Kier molecular flexibility index (Phi) is 5.77. The molecule has 0 spiro atoms. The average Bonchev–Trinajstić information content (AvgIpc) is 2.82. The number of methoxy groups -OCH3 is 1. The van der Waals surface area contributed by atoms with Crippen molar-refractivity contribution in [2.45, 2.75) is 12.7 Å². The van der Waals surface area contributed by atoms with Gasteiger partial charge in [0, 0.05) is 36.7 Å². The summed E-state index contributed by atoms with van der Waals surface area (Å²) in [4.78, 5) is 20.2. The van der Waals surface area contributed by atoms with Crippen molar-refractivity contribution in [3.8, 4) is 16.9 Å². The summed E-state index contributed by atoms with van der Waals surface area (Å²) in [5.41, 5.74) is 1.59. The molecule has 0 unspecified atom stereocenters. The lowest BCUT2D eigenvalue weighted by atomic mass is 9.96. The molecule has 8 heteroatoms. The van der Waals surface area contributed by atoms with Crippen LogP contribution in [0.1, 0.15) is 21.5 Å². The smallest absolute Gasteiger partial charge is 0.417 e. The second-order valence-electron chi connectivity index (χ2n) is 7.07. The molecule has 0 saturated carbocycles. The summed E-state index contributed by atoms with van der Waals surface area (Å²) in [7, 11) is 1.60. The Bertz CT molecular complexity index is 1290. The number of aromatic nitrogens is 2. The highest BCUT2D eigenvalue weighted by atomic mass is 19.4. The number of nitrogens with zero attached hydrogens (tertiary/aromatic N) is 2. The van der Waals surface area contributed by atoms with Crippen LogP contribution in [0.5, 0.6) is 5.75 Å². The first-order valence-electron chi connectivity index (χ1n) is 9.67. The molecule has 162 valence electrons. The van der Waals surface area contributed by atoms with E-state index in [4.69, 9.17) is 4.74 Å². The molecule has 5 nitrogen and oxygen atoms in total. The largest absolute Gasteiger partial charge is 0.497 e. The topological polar surface area (TPSA) is 64.1 Å². The van der Waals surface area contributed by atoms with Crippen LogP contribution < -0.4 is 10.1 Å². The first-order valence-corrected chi connectivity index (χ1v) is 9.67. The number of nitrogens with one attached hydrogen (secondary N) is 1. The van der Waals surface area contributed by atoms with E-state index >= 15 is 0 Å². The van der Waals surface area contributed by atoms with E-state index in [0.29, 0.717) is 6.20 Å². The molecule has 0 aliphatic heterocycles. The maximum absolute atomic E-state index is 12.9. The van der Waals surface area contributed by atoms with Crippen molar-refractivity contribution in [1.82, 2.24) is 15.3 Å². The van der Waals surface area contributed by atoms with Crippen LogP contribution in [0.25, 0.3) is 21.9 Å². The van der Waals surface area contributed by atoms with Gasteiger partial charge >= 0.3 is 6.18 Å². The third-order valence-corrected chi connectivity index (χ3v) is 5.06. The number of halogens is 3. The minimum atomic E-state index is -4.57. The van der Waals surface area contributed by atoms with E-state index in [-0.39, 0.29) is 12.1 Å². The number of hydrogen-bond donors (Lipinski definition) is 1. The number of hydrogen-bond acceptors (Lipinski definition) is 4. The molecular formula is C24H18F3N3O2. The van der Waals surface area contributed by atoms with Gasteiger partial charge in [-0.1, -0.05) is 24.3 Å². The Labute approximate surface area is 181 Å². The molecule has 0 atom stereocenters. The molecule has 4 aromatic rings. The zero-order valence-electron chi connectivity index (χ0n) is 17.0. The van der Waals surface area contributed by atoms with Crippen molar-refractivity contribution >= 4 is 16.7 Å². The van der Waals surface area contributed by atoms with Crippen LogP contribution in [-0.2, 0) is 12.7 Å². The van der Waals surface area contributed by atoms with Gasteiger partial charge in [0.05, 0.1) is 18.2 Å². The standard InChI is InChI=1S/C24H18F3N3O2/c1-32-19-4-2-3-15(10-19)20-6-5-16(22-14-28-8-7-21(20)22)12-30-23(31)17-9-18(13-29-11-17)24(25,26)27/h2-11,13-14H,12H2,1H3,(H,30,31). The van der Waals surface area contributed by atoms with Gasteiger partial charge in [0.25, 0.3) is 5.91 Å². The molecule has 1 N–H and O–H groups in total. The highest BCUT2D eigenvalue weighted by molar-refractivity contribution is 5.99. The number of benzene rings is 2. The average molecular weight is 437 g/mol. The normalized spacial score (nSPS) is 11.4. The van der Waals surface area contributed by atoms with Crippen LogP contribution in [0.2, 0.25) is 0 Å². The van der Waals surface area contributed by atoms with Crippen LogP contribution in [-0.4, -0.2) is 23.0 Å². The van der Waals surface area contributed by atoms with Gasteiger partial charge in [-0.15, -0.1) is 0 Å². The Morgan fingerprint density at radius 3 is 2.62 bits per heavy atom. The summed E-state index contributed by atoms with van der Waals surface area (Å²) >= 11 is 0. The second kappa shape index (κ2) is 8.66. The Morgan fingerprint density at radius 1 is 1.00 bits per heavy atom. The summed E-state index contributed by atoms with van der Waals surface area (Å²) in [5, 5.41) is 4.43. The fraction of sp³-hybridized carbons (Fsp3) is 0.125. The van der Waals surface area contributed by atoms with Gasteiger partial charge in [-0.25, -0.2) is 0 Å². The van der Waals surface area contributed by atoms with Crippen LogP contribution in [0.3, 0.4) is 0 Å². The molecule has 2 aromatic heterocycles. The maximum Gasteiger partial charge on any atom is 0.417 e. The van der Waals surface area contributed by atoms with Crippen LogP contribution in [0.15, 0.2) is 73.3 Å². The third kappa shape index (κ3) is 4.39. The van der Waals surface area contributed by atoms with E-state index < -0.39 is 17.6 Å². The van der Waals surface area contributed by atoms with Gasteiger partial charge in [-0.2, -0.15) is 13.2 Å². The molecule has 0 saturated heterocycles. The number of carbonyl (C=O) groups excluding carboxylic acids is 1. The first kappa shape index (κ1) is 21.3. The summed E-state index contributed by atoms with van der Waals surface area (Å²) in [6.45, 7) is 0.121. The van der Waals surface area contributed by atoms with Gasteiger partial charge < -0.3 is 10.1 Å². The van der Waals surface area contributed by atoms with Gasteiger partial charge in [0.1, 0.15) is 5.75 Å². The number of pyridine rings is 2. The molecule has 2 heterocycles. The molecule has 32 heavy (non-hydrogen) atoms. The van der Waals surface area contributed by atoms with Crippen molar-refractivity contribution in [3.63, 3.8) is 0 Å². The van der Waals surface area contributed by atoms with Crippen molar-refractivity contribution in [2.24, 2.45) is 0 Å². The number of rotatable bonds is 5. The summed E-state index contributed by atoms with van der Waals surface area (Å²) in [6, 6.07) is 14.1. The van der Waals surface area contributed by atoms with E-state index in [0.717, 1.165) is 45.5 Å². The lowest BCUT2D eigenvalue weighted by Gasteiger charge is -2.13. The van der Waals surface area contributed by atoms with E-state index in [9.17, 15) is 18.0 Å². The van der Waals surface area contributed by atoms with Gasteiger partial charge in [0.15, 0.2) is 0 Å². The number of amides is 1. The summed E-state index contributed by atoms with van der Waals surface area (Å²) < 4.78 is 44.0. The minimum Gasteiger partial charge on any atom is -0.497 e. The van der Waals surface area contributed by atoms with E-state index in [1.54, 1.807) is 19.5 Å². The Balaban J connectivity index is 1.62.